The summed E-state index contributed by atoms with van der Waals surface area (Å²) in [5, 5.41) is 0. The summed E-state index contributed by atoms with van der Waals surface area (Å²) >= 11 is 0. The van der Waals surface area contributed by atoms with Crippen molar-refractivity contribution in [3.63, 3.8) is 0 Å². The molecule has 0 radical (unpaired) electrons. The van der Waals surface area contributed by atoms with Crippen LogP contribution < -0.4 is 5.73 Å². The van der Waals surface area contributed by atoms with Gasteiger partial charge in [0.25, 0.3) is 0 Å². The summed E-state index contributed by atoms with van der Waals surface area (Å²) < 4.78 is 10.9. The van der Waals surface area contributed by atoms with Crippen LogP contribution in [0.2, 0.25) is 0 Å². The van der Waals surface area contributed by atoms with Crippen molar-refractivity contribution in [2.45, 2.75) is 44.8 Å². The van der Waals surface area contributed by atoms with Gasteiger partial charge in [-0.1, -0.05) is 6.92 Å². The number of rotatable bonds is 8. The lowest BCUT2D eigenvalue weighted by Crippen LogP contribution is -2.45. The van der Waals surface area contributed by atoms with Crippen LogP contribution in [0.25, 0.3) is 0 Å². The number of nitrogens with two attached hydrogens (primary N) is 1. The monoisotopic (exact) mass is 244 g/mol. The topological polar surface area (TPSA) is 47.7 Å². The van der Waals surface area contributed by atoms with E-state index in [2.05, 4.69) is 11.8 Å². The molecule has 1 saturated heterocycles. The van der Waals surface area contributed by atoms with E-state index >= 15 is 0 Å². The van der Waals surface area contributed by atoms with Crippen molar-refractivity contribution in [2.75, 3.05) is 40.0 Å². The standard InChI is InChI=1S/C13H28N2O2/c1-3-8-17-13-5-4-7-15(11-13)10-12(14)6-9-16-2/h12-13H,3-11,14H2,1-2H3. The van der Waals surface area contributed by atoms with Crippen LogP contribution in [0.1, 0.15) is 32.6 Å². The molecule has 1 aliphatic rings. The quantitative estimate of drug-likeness (QED) is 0.698. The Bertz CT molecular complexity index is 188. The van der Waals surface area contributed by atoms with Crippen molar-refractivity contribution in [1.82, 2.24) is 4.90 Å². The maximum absolute atomic E-state index is 6.07. The highest BCUT2D eigenvalue weighted by molar-refractivity contribution is 4.76. The molecule has 1 fully saturated rings. The summed E-state index contributed by atoms with van der Waals surface area (Å²) in [6.45, 7) is 6.96. The highest BCUT2D eigenvalue weighted by Crippen LogP contribution is 2.13. The molecule has 1 rings (SSSR count). The minimum Gasteiger partial charge on any atom is -0.385 e. The lowest BCUT2D eigenvalue weighted by molar-refractivity contribution is -0.00196. The predicted octanol–water partition coefficient (Wildman–Crippen LogP) is 1.24. The maximum atomic E-state index is 6.07. The molecule has 2 N–H and O–H groups in total. The Labute approximate surface area is 105 Å². The van der Waals surface area contributed by atoms with Gasteiger partial charge in [0.15, 0.2) is 0 Å². The molecule has 0 aromatic heterocycles. The van der Waals surface area contributed by atoms with E-state index < -0.39 is 0 Å². The van der Waals surface area contributed by atoms with Crippen LogP contribution in [0, 0.1) is 0 Å². The van der Waals surface area contributed by atoms with Crippen LogP contribution in [-0.4, -0.2) is 57.0 Å². The molecule has 0 aliphatic carbocycles. The zero-order valence-corrected chi connectivity index (χ0v) is 11.4. The fraction of sp³-hybridized carbons (Fsp3) is 1.00. The van der Waals surface area contributed by atoms with E-state index in [9.17, 15) is 0 Å². The second kappa shape index (κ2) is 8.86. The Balaban J connectivity index is 2.19. The normalized spacial score (nSPS) is 23.8. The van der Waals surface area contributed by atoms with Crippen LogP contribution in [-0.2, 0) is 9.47 Å². The Morgan fingerprint density at radius 3 is 2.94 bits per heavy atom. The molecule has 102 valence electrons. The molecule has 0 aromatic carbocycles. The molecule has 17 heavy (non-hydrogen) atoms. The summed E-state index contributed by atoms with van der Waals surface area (Å²) in [6.07, 6.45) is 4.88. The second-order valence-corrected chi connectivity index (χ2v) is 4.94. The van der Waals surface area contributed by atoms with E-state index in [1.165, 1.54) is 12.8 Å². The second-order valence-electron chi connectivity index (χ2n) is 4.94. The van der Waals surface area contributed by atoms with Crippen LogP contribution in [0.15, 0.2) is 0 Å². The molecule has 4 nitrogen and oxygen atoms in total. The van der Waals surface area contributed by atoms with E-state index in [0.717, 1.165) is 45.7 Å². The van der Waals surface area contributed by atoms with Crippen molar-refractivity contribution in [1.29, 1.82) is 0 Å². The summed E-state index contributed by atoms with van der Waals surface area (Å²) in [6, 6.07) is 0.222. The molecule has 2 atom stereocenters. The van der Waals surface area contributed by atoms with Gasteiger partial charge in [0.1, 0.15) is 0 Å². The molecule has 0 aromatic rings. The van der Waals surface area contributed by atoms with E-state index in [0.29, 0.717) is 6.10 Å². The van der Waals surface area contributed by atoms with Crippen molar-refractivity contribution < 1.29 is 9.47 Å². The molecule has 0 amide bonds. The number of hydrogen-bond donors (Lipinski definition) is 1. The first-order valence-corrected chi connectivity index (χ1v) is 6.84. The third kappa shape index (κ3) is 6.36. The Morgan fingerprint density at radius 1 is 1.41 bits per heavy atom. The minimum atomic E-state index is 0.222. The Morgan fingerprint density at radius 2 is 2.24 bits per heavy atom. The average molecular weight is 244 g/mol. The van der Waals surface area contributed by atoms with E-state index in [4.69, 9.17) is 15.2 Å². The molecule has 0 bridgehead atoms. The van der Waals surface area contributed by atoms with Gasteiger partial charge in [-0.3, -0.25) is 4.90 Å². The number of ether oxygens (including phenoxy) is 2. The summed E-state index contributed by atoms with van der Waals surface area (Å²) in [7, 11) is 1.72. The van der Waals surface area contributed by atoms with Crippen molar-refractivity contribution >= 4 is 0 Å². The number of nitrogens with zero attached hydrogens (tertiary/aromatic N) is 1. The van der Waals surface area contributed by atoms with Gasteiger partial charge in [-0.2, -0.15) is 0 Å². The third-order valence-electron chi connectivity index (χ3n) is 3.21. The van der Waals surface area contributed by atoms with Gasteiger partial charge >= 0.3 is 0 Å². The van der Waals surface area contributed by atoms with Gasteiger partial charge in [0.2, 0.25) is 0 Å². The van der Waals surface area contributed by atoms with E-state index in [1.807, 2.05) is 0 Å². The van der Waals surface area contributed by atoms with Crippen LogP contribution >= 0.6 is 0 Å². The lowest BCUT2D eigenvalue weighted by atomic mass is 10.1. The Kier molecular flexibility index (Phi) is 7.77. The number of piperidine rings is 1. The zero-order valence-electron chi connectivity index (χ0n) is 11.4. The first-order valence-electron chi connectivity index (χ1n) is 6.84. The fourth-order valence-electron chi connectivity index (χ4n) is 2.29. The van der Waals surface area contributed by atoms with Gasteiger partial charge < -0.3 is 15.2 Å². The van der Waals surface area contributed by atoms with Crippen molar-refractivity contribution in [3.8, 4) is 0 Å². The van der Waals surface area contributed by atoms with Gasteiger partial charge in [0, 0.05) is 39.5 Å². The molecule has 4 heteroatoms. The molecule has 0 spiro atoms. The molecule has 1 aliphatic heterocycles. The highest BCUT2D eigenvalue weighted by Gasteiger charge is 2.21. The van der Waals surface area contributed by atoms with Crippen molar-refractivity contribution in [2.24, 2.45) is 5.73 Å². The summed E-state index contributed by atoms with van der Waals surface area (Å²) in [5.41, 5.74) is 6.07. The predicted molar refractivity (Wildman–Crippen MR) is 70.2 cm³/mol. The Hall–Kier alpha value is -0.160. The van der Waals surface area contributed by atoms with Gasteiger partial charge in [-0.05, 0) is 32.2 Å². The van der Waals surface area contributed by atoms with Crippen LogP contribution in [0.5, 0.6) is 0 Å². The smallest absolute Gasteiger partial charge is 0.0702 e. The lowest BCUT2D eigenvalue weighted by Gasteiger charge is -2.34. The first-order chi connectivity index (χ1) is 8.26. The minimum absolute atomic E-state index is 0.222. The van der Waals surface area contributed by atoms with Crippen molar-refractivity contribution in [3.05, 3.63) is 0 Å². The maximum Gasteiger partial charge on any atom is 0.0702 e. The fourth-order valence-corrected chi connectivity index (χ4v) is 2.29. The van der Waals surface area contributed by atoms with Gasteiger partial charge in [0.05, 0.1) is 6.10 Å². The largest absolute Gasteiger partial charge is 0.385 e. The zero-order chi connectivity index (χ0) is 12.5. The van der Waals surface area contributed by atoms with E-state index in [1.54, 1.807) is 7.11 Å². The molecular formula is C13H28N2O2. The molecule has 1 heterocycles. The van der Waals surface area contributed by atoms with Gasteiger partial charge in [-0.15, -0.1) is 0 Å². The summed E-state index contributed by atoms with van der Waals surface area (Å²) in [4.78, 5) is 2.43. The summed E-state index contributed by atoms with van der Waals surface area (Å²) in [5.74, 6) is 0. The third-order valence-corrected chi connectivity index (χ3v) is 3.21. The molecule has 0 saturated carbocycles. The van der Waals surface area contributed by atoms with Crippen LogP contribution in [0.3, 0.4) is 0 Å². The highest BCUT2D eigenvalue weighted by atomic mass is 16.5. The molecular weight excluding hydrogens is 216 g/mol. The van der Waals surface area contributed by atoms with Gasteiger partial charge in [-0.25, -0.2) is 0 Å². The number of likely N-dealkylation sites (tertiary alicyclic amines) is 1. The number of methoxy groups -OCH3 is 1. The number of hydrogen-bond acceptors (Lipinski definition) is 4. The van der Waals surface area contributed by atoms with Crippen LogP contribution in [0.4, 0.5) is 0 Å². The average Bonchev–Trinajstić information content (AvgIpc) is 2.34. The van der Waals surface area contributed by atoms with E-state index in [-0.39, 0.29) is 6.04 Å². The SMILES string of the molecule is CCCOC1CCCN(CC(N)CCOC)C1. The first kappa shape index (κ1) is 14.9. The molecule has 2 unspecified atom stereocenters.